The minimum absolute atomic E-state index is 0.136. The number of fused-ring (bicyclic) bond motifs is 1. The molecule has 5 heteroatoms. The molecular formula is C19H28N2O3. The van der Waals surface area contributed by atoms with Gasteiger partial charge in [0.15, 0.2) is 0 Å². The van der Waals surface area contributed by atoms with Crippen LogP contribution in [0.15, 0.2) is 28.7 Å². The second-order valence-electron chi connectivity index (χ2n) is 6.78. The van der Waals surface area contributed by atoms with Gasteiger partial charge in [0.2, 0.25) is 0 Å². The van der Waals surface area contributed by atoms with Crippen LogP contribution >= 0.6 is 0 Å². The van der Waals surface area contributed by atoms with Crippen molar-refractivity contribution in [1.29, 1.82) is 0 Å². The Morgan fingerprint density at radius 1 is 1.25 bits per heavy atom. The maximum Gasteiger partial charge on any atom is 0.315 e. The van der Waals surface area contributed by atoms with Crippen LogP contribution in [0.2, 0.25) is 0 Å². The lowest BCUT2D eigenvalue weighted by Gasteiger charge is -2.22. The van der Waals surface area contributed by atoms with Gasteiger partial charge < -0.3 is 20.2 Å². The zero-order valence-corrected chi connectivity index (χ0v) is 14.9. The number of amides is 2. The zero-order valence-electron chi connectivity index (χ0n) is 14.9. The summed E-state index contributed by atoms with van der Waals surface area (Å²) in [4.78, 5) is 12.2. The van der Waals surface area contributed by atoms with Gasteiger partial charge >= 0.3 is 6.03 Å². The number of para-hydroxylation sites is 1. The topological polar surface area (TPSA) is 74.5 Å². The maximum absolute atomic E-state index is 12.2. The van der Waals surface area contributed by atoms with Crippen molar-refractivity contribution in [2.75, 3.05) is 13.2 Å². The number of carbonyl (C=O) groups is 1. The van der Waals surface area contributed by atoms with Crippen LogP contribution in [0, 0.1) is 18.8 Å². The second kappa shape index (κ2) is 8.20. The SMILES string of the molecule is Cc1c(C(NC(=O)NCC(C)CCO)C(C)C)oc2ccccc12. The molecule has 2 unspecified atom stereocenters. The van der Waals surface area contributed by atoms with E-state index in [-0.39, 0.29) is 30.5 Å². The summed E-state index contributed by atoms with van der Waals surface area (Å²) in [6.45, 7) is 8.82. The number of aliphatic hydroxyl groups excluding tert-OH is 1. The molecule has 0 bridgehead atoms. The first kappa shape index (κ1) is 18.3. The Balaban J connectivity index is 2.11. The number of hydrogen-bond donors (Lipinski definition) is 3. The van der Waals surface area contributed by atoms with Crippen LogP contribution in [0.25, 0.3) is 11.0 Å². The van der Waals surface area contributed by atoms with Gasteiger partial charge in [-0.1, -0.05) is 39.0 Å². The van der Waals surface area contributed by atoms with E-state index in [0.29, 0.717) is 13.0 Å². The molecule has 0 aliphatic heterocycles. The van der Waals surface area contributed by atoms with Crippen molar-refractivity contribution >= 4 is 17.0 Å². The van der Waals surface area contributed by atoms with E-state index in [4.69, 9.17) is 9.52 Å². The third-order valence-electron chi connectivity index (χ3n) is 4.35. The van der Waals surface area contributed by atoms with Gasteiger partial charge in [-0.25, -0.2) is 4.79 Å². The quantitative estimate of drug-likeness (QED) is 0.723. The average Bonchev–Trinajstić information content (AvgIpc) is 2.88. The van der Waals surface area contributed by atoms with Gasteiger partial charge in [-0.3, -0.25) is 0 Å². The molecule has 132 valence electrons. The van der Waals surface area contributed by atoms with E-state index >= 15 is 0 Å². The predicted octanol–water partition coefficient (Wildman–Crippen LogP) is 3.76. The summed E-state index contributed by atoms with van der Waals surface area (Å²) in [7, 11) is 0. The van der Waals surface area contributed by atoms with Gasteiger partial charge in [0.25, 0.3) is 0 Å². The Kier molecular flexibility index (Phi) is 6.26. The zero-order chi connectivity index (χ0) is 17.7. The van der Waals surface area contributed by atoms with Gasteiger partial charge in [0, 0.05) is 24.1 Å². The number of benzene rings is 1. The number of urea groups is 1. The number of aliphatic hydroxyl groups is 1. The molecule has 1 aromatic heterocycles. The molecule has 5 nitrogen and oxygen atoms in total. The van der Waals surface area contributed by atoms with Gasteiger partial charge in [0.05, 0.1) is 6.04 Å². The summed E-state index contributed by atoms with van der Waals surface area (Å²) in [5, 5.41) is 15.9. The molecule has 0 aliphatic rings. The van der Waals surface area contributed by atoms with Crippen LogP contribution in [-0.4, -0.2) is 24.3 Å². The monoisotopic (exact) mass is 332 g/mol. The summed E-state index contributed by atoms with van der Waals surface area (Å²) in [5.41, 5.74) is 1.91. The van der Waals surface area contributed by atoms with Gasteiger partial charge in [-0.2, -0.15) is 0 Å². The normalized spacial score (nSPS) is 13.9. The molecule has 2 rings (SSSR count). The molecule has 2 atom stereocenters. The highest BCUT2D eigenvalue weighted by Crippen LogP contribution is 2.32. The van der Waals surface area contributed by atoms with Crippen LogP contribution in [0.3, 0.4) is 0 Å². The van der Waals surface area contributed by atoms with E-state index in [0.717, 1.165) is 22.3 Å². The first-order valence-corrected chi connectivity index (χ1v) is 8.57. The smallest absolute Gasteiger partial charge is 0.315 e. The molecule has 1 aromatic carbocycles. The van der Waals surface area contributed by atoms with Gasteiger partial charge in [0.1, 0.15) is 11.3 Å². The molecular weight excluding hydrogens is 304 g/mol. The Labute approximate surface area is 143 Å². The lowest BCUT2D eigenvalue weighted by Crippen LogP contribution is -2.41. The fourth-order valence-electron chi connectivity index (χ4n) is 2.81. The molecule has 0 saturated carbocycles. The summed E-state index contributed by atoms with van der Waals surface area (Å²) < 4.78 is 6.01. The molecule has 0 radical (unpaired) electrons. The third kappa shape index (κ3) is 4.29. The van der Waals surface area contributed by atoms with Crippen molar-refractivity contribution in [3.05, 3.63) is 35.6 Å². The van der Waals surface area contributed by atoms with Crippen molar-refractivity contribution in [2.24, 2.45) is 11.8 Å². The number of hydrogen-bond acceptors (Lipinski definition) is 3. The van der Waals surface area contributed by atoms with E-state index in [1.807, 2.05) is 38.1 Å². The Morgan fingerprint density at radius 3 is 2.58 bits per heavy atom. The Bertz CT molecular complexity index is 678. The highest BCUT2D eigenvalue weighted by molar-refractivity contribution is 5.82. The van der Waals surface area contributed by atoms with Crippen molar-refractivity contribution in [2.45, 2.75) is 40.2 Å². The number of nitrogens with one attached hydrogen (secondary N) is 2. The summed E-state index contributed by atoms with van der Waals surface area (Å²) in [6.07, 6.45) is 0.677. The van der Waals surface area contributed by atoms with E-state index in [2.05, 4.69) is 24.5 Å². The van der Waals surface area contributed by atoms with Crippen molar-refractivity contribution in [1.82, 2.24) is 10.6 Å². The first-order chi connectivity index (χ1) is 11.4. The fraction of sp³-hybridized carbons (Fsp3) is 0.526. The molecule has 0 saturated heterocycles. The molecule has 3 N–H and O–H groups in total. The number of carbonyl (C=O) groups excluding carboxylic acids is 1. The van der Waals surface area contributed by atoms with Gasteiger partial charge in [-0.15, -0.1) is 0 Å². The lowest BCUT2D eigenvalue weighted by molar-refractivity contribution is 0.224. The number of rotatable bonds is 7. The average molecular weight is 332 g/mol. The van der Waals surface area contributed by atoms with Crippen molar-refractivity contribution in [3.8, 4) is 0 Å². The molecule has 0 aliphatic carbocycles. The lowest BCUT2D eigenvalue weighted by atomic mass is 9.98. The summed E-state index contributed by atoms with van der Waals surface area (Å²) in [5.74, 6) is 1.25. The standard InChI is InChI=1S/C19H28N2O3/c1-12(2)17(21-19(23)20-11-13(3)9-10-22)18-14(4)15-7-5-6-8-16(15)24-18/h5-8,12-13,17,22H,9-11H2,1-4H3,(H2,20,21,23). The van der Waals surface area contributed by atoms with Crippen LogP contribution < -0.4 is 10.6 Å². The van der Waals surface area contributed by atoms with Crippen molar-refractivity contribution < 1.29 is 14.3 Å². The minimum Gasteiger partial charge on any atom is -0.459 e. The molecule has 0 spiro atoms. The molecule has 2 aromatic rings. The maximum atomic E-state index is 12.2. The highest BCUT2D eigenvalue weighted by Gasteiger charge is 2.25. The number of furan rings is 1. The highest BCUT2D eigenvalue weighted by atomic mass is 16.3. The van der Waals surface area contributed by atoms with Crippen LogP contribution in [0.5, 0.6) is 0 Å². The van der Waals surface area contributed by atoms with Crippen molar-refractivity contribution in [3.63, 3.8) is 0 Å². The molecule has 2 amide bonds. The molecule has 1 heterocycles. The Morgan fingerprint density at radius 2 is 1.96 bits per heavy atom. The molecule has 24 heavy (non-hydrogen) atoms. The van der Waals surface area contributed by atoms with Crippen LogP contribution in [0.4, 0.5) is 4.79 Å². The second-order valence-corrected chi connectivity index (χ2v) is 6.78. The summed E-state index contributed by atoms with van der Waals surface area (Å²) in [6, 6.07) is 7.51. The predicted molar refractivity (Wildman–Crippen MR) is 95.9 cm³/mol. The van der Waals surface area contributed by atoms with E-state index in [1.165, 1.54) is 0 Å². The van der Waals surface area contributed by atoms with Crippen LogP contribution in [0.1, 0.15) is 44.6 Å². The minimum atomic E-state index is -0.210. The van der Waals surface area contributed by atoms with E-state index in [9.17, 15) is 4.79 Å². The first-order valence-electron chi connectivity index (χ1n) is 8.57. The van der Waals surface area contributed by atoms with E-state index < -0.39 is 0 Å². The molecule has 0 fully saturated rings. The summed E-state index contributed by atoms with van der Waals surface area (Å²) >= 11 is 0. The largest absolute Gasteiger partial charge is 0.459 e. The van der Waals surface area contributed by atoms with Crippen LogP contribution in [-0.2, 0) is 0 Å². The number of aryl methyl sites for hydroxylation is 1. The fourth-order valence-corrected chi connectivity index (χ4v) is 2.81. The van der Waals surface area contributed by atoms with Gasteiger partial charge in [-0.05, 0) is 31.2 Å². The Hall–Kier alpha value is -2.01. The van der Waals surface area contributed by atoms with E-state index in [1.54, 1.807) is 0 Å². The third-order valence-corrected chi connectivity index (χ3v) is 4.35.